The van der Waals surface area contributed by atoms with Crippen molar-refractivity contribution in [1.29, 1.82) is 0 Å². The van der Waals surface area contributed by atoms with Crippen molar-refractivity contribution >= 4 is 23.6 Å². The standard InChI is InChI=1S/C29H42N8O3S/c1-5-27-31-21(3)26(32-27)19-36-12-6-11-30-29(39)25(10-15-41-4)33-28(38)24-16-23(9-8-20(24)2)40-14-7-13-37-18-22(17-36)34-35-37/h8-9,16,18,25H,5-7,10-15,17,19H2,1-4H3,(H,30,39)(H,31,32)(H,33,38)/t25-/m0/s1. The molecule has 0 fully saturated rings. The van der Waals surface area contributed by atoms with Crippen LogP contribution in [0.2, 0.25) is 0 Å². The number of rotatable bonds is 6. The number of nitrogens with zero attached hydrogens (tertiary/aromatic N) is 5. The minimum absolute atomic E-state index is 0.169. The van der Waals surface area contributed by atoms with Crippen molar-refractivity contribution in [3.05, 3.63) is 58.4 Å². The van der Waals surface area contributed by atoms with Crippen molar-refractivity contribution < 1.29 is 14.3 Å². The van der Waals surface area contributed by atoms with Crippen LogP contribution in [0, 0.1) is 13.8 Å². The molecular formula is C29H42N8O3S. The third-order valence-corrected chi connectivity index (χ3v) is 7.80. The van der Waals surface area contributed by atoms with Crippen LogP contribution in [0.25, 0.3) is 0 Å². The Morgan fingerprint density at radius 1 is 1.17 bits per heavy atom. The number of aromatic nitrogens is 5. The number of hydrogen-bond acceptors (Lipinski definition) is 8. The van der Waals surface area contributed by atoms with Gasteiger partial charge in [0.2, 0.25) is 5.91 Å². The number of aryl methyl sites for hydroxylation is 4. The van der Waals surface area contributed by atoms with Gasteiger partial charge in [-0.3, -0.25) is 19.2 Å². The number of imidazole rings is 1. The van der Waals surface area contributed by atoms with E-state index in [-0.39, 0.29) is 11.8 Å². The molecule has 1 aliphatic heterocycles. The van der Waals surface area contributed by atoms with Gasteiger partial charge < -0.3 is 20.4 Å². The van der Waals surface area contributed by atoms with E-state index >= 15 is 0 Å². The number of thioether (sulfide) groups is 1. The topological polar surface area (TPSA) is 130 Å². The number of amides is 2. The molecule has 1 aliphatic rings. The summed E-state index contributed by atoms with van der Waals surface area (Å²) in [7, 11) is 0. The van der Waals surface area contributed by atoms with Gasteiger partial charge in [0.15, 0.2) is 0 Å². The van der Waals surface area contributed by atoms with E-state index < -0.39 is 6.04 Å². The Labute approximate surface area is 246 Å². The van der Waals surface area contributed by atoms with E-state index in [0.717, 1.165) is 60.0 Å². The number of aromatic amines is 1. The lowest BCUT2D eigenvalue weighted by atomic mass is 10.1. The molecule has 3 N–H and O–H groups in total. The summed E-state index contributed by atoms with van der Waals surface area (Å²) < 4.78 is 7.80. The van der Waals surface area contributed by atoms with E-state index in [0.29, 0.717) is 50.5 Å². The number of fused-ring (bicyclic) bond motifs is 4. The van der Waals surface area contributed by atoms with E-state index in [1.807, 2.05) is 43.1 Å². The third kappa shape index (κ3) is 8.80. The first-order valence-corrected chi connectivity index (χ1v) is 15.7. The van der Waals surface area contributed by atoms with Crippen molar-refractivity contribution in [2.45, 2.75) is 72.1 Å². The normalized spacial score (nSPS) is 17.9. The molecule has 11 nitrogen and oxygen atoms in total. The summed E-state index contributed by atoms with van der Waals surface area (Å²) in [5.41, 5.74) is 4.31. The van der Waals surface area contributed by atoms with E-state index in [9.17, 15) is 9.59 Å². The molecule has 3 heterocycles. The molecule has 1 aromatic carbocycles. The number of carbonyl (C=O) groups excluding carboxylic acids is 2. The SMILES string of the molecule is CCc1nc(CN2CCCNC(=O)[C@H](CCSC)NC(=O)c3cc(ccc3C)OCCCn3cc(nn3)C2)c(C)[nH]1. The number of H-pyrrole nitrogens is 1. The van der Waals surface area contributed by atoms with Gasteiger partial charge in [0.25, 0.3) is 5.91 Å². The first-order valence-electron chi connectivity index (χ1n) is 14.3. The molecule has 2 aromatic heterocycles. The first-order chi connectivity index (χ1) is 19.9. The van der Waals surface area contributed by atoms with Gasteiger partial charge in [-0.25, -0.2) is 4.98 Å². The minimum atomic E-state index is -0.616. The van der Waals surface area contributed by atoms with Gasteiger partial charge in [-0.2, -0.15) is 11.8 Å². The highest BCUT2D eigenvalue weighted by Gasteiger charge is 2.22. The molecule has 12 heteroatoms. The fourth-order valence-electron chi connectivity index (χ4n) is 4.79. The second kappa shape index (κ2) is 15.0. The first kappa shape index (κ1) is 30.6. The van der Waals surface area contributed by atoms with E-state index in [4.69, 9.17) is 9.72 Å². The van der Waals surface area contributed by atoms with Crippen LogP contribution < -0.4 is 15.4 Å². The molecule has 0 aliphatic carbocycles. The Kier molecular flexibility index (Phi) is 11.2. The molecule has 4 rings (SSSR count). The molecule has 0 saturated heterocycles. The van der Waals surface area contributed by atoms with Crippen LogP contribution in [-0.2, 0) is 30.8 Å². The van der Waals surface area contributed by atoms with Gasteiger partial charge >= 0.3 is 0 Å². The van der Waals surface area contributed by atoms with Crippen LogP contribution in [0.3, 0.4) is 0 Å². The lowest BCUT2D eigenvalue weighted by Gasteiger charge is -2.22. The molecule has 222 valence electrons. The zero-order chi connectivity index (χ0) is 29.2. The summed E-state index contributed by atoms with van der Waals surface area (Å²) in [6.07, 6.45) is 6.86. The number of benzene rings is 1. The number of carbonyl (C=O) groups is 2. The summed E-state index contributed by atoms with van der Waals surface area (Å²) in [5.74, 6) is 1.92. The maximum Gasteiger partial charge on any atom is 0.252 e. The van der Waals surface area contributed by atoms with Gasteiger partial charge in [-0.05, 0) is 56.4 Å². The molecule has 1 atom stereocenters. The maximum atomic E-state index is 13.2. The van der Waals surface area contributed by atoms with Crippen LogP contribution in [-0.4, -0.2) is 79.4 Å². The largest absolute Gasteiger partial charge is 0.494 e. The Bertz CT molecular complexity index is 1310. The smallest absolute Gasteiger partial charge is 0.252 e. The van der Waals surface area contributed by atoms with Crippen LogP contribution >= 0.6 is 11.8 Å². The maximum absolute atomic E-state index is 13.2. The summed E-state index contributed by atoms with van der Waals surface area (Å²) in [6, 6.07) is 4.87. The second-order valence-corrected chi connectivity index (χ2v) is 11.4. The Morgan fingerprint density at radius 2 is 2.02 bits per heavy atom. The Hall–Kier alpha value is -3.38. The molecule has 0 unspecified atom stereocenters. The van der Waals surface area contributed by atoms with Crippen molar-refractivity contribution in [1.82, 2.24) is 40.5 Å². The van der Waals surface area contributed by atoms with Gasteiger partial charge in [0, 0.05) is 63.0 Å². The highest BCUT2D eigenvalue weighted by molar-refractivity contribution is 7.98. The predicted octanol–water partition coefficient (Wildman–Crippen LogP) is 3.02. The lowest BCUT2D eigenvalue weighted by Crippen LogP contribution is -2.47. The van der Waals surface area contributed by atoms with Crippen LogP contribution in [0.4, 0.5) is 0 Å². The minimum Gasteiger partial charge on any atom is -0.494 e. The van der Waals surface area contributed by atoms with Crippen molar-refractivity contribution in [3.63, 3.8) is 0 Å². The quantitative estimate of drug-likeness (QED) is 0.405. The van der Waals surface area contributed by atoms with Crippen molar-refractivity contribution in [3.8, 4) is 5.75 Å². The van der Waals surface area contributed by atoms with Gasteiger partial charge in [0.05, 0.1) is 18.0 Å². The number of ether oxygens (including phenoxy) is 1. The van der Waals surface area contributed by atoms with Crippen LogP contribution in [0.5, 0.6) is 5.75 Å². The molecule has 41 heavy (non-hydrogen) atoms. The van der Waals surface area contributed by atoms with E-state index in [1.54, 1.807) is 17.8 Å². The van der Waals surface area contributed by atoms with Gasteiger partial charge in [0.1, 0.15) is 17.6 Å². The summed E-state index contributed by atoms with van der Waals surface area (Å²) >= 11 is 1.65. The highest BCUT2D eigenvalue weighted by Crippen LogP contribution is 2.19. The molecule has 2 amide bonds. The third-order valence-electron chi connectivity index (χ3n) is 7.15. The summed E-state index contributed by atoms with van der Waals surface area (Å²) in [5, 5.41) is 14.7. The summed E-state index contributed by atoms with van der Waals surface area (Å²) in [6.45, 7) is 9.69. The zero-order valence-electron chi connectivity index (χ0n) is 24.5. The van der Waals surface area contributed by atoms with Crippen molar-refractivity contribution in [2.75, 3.05) is 31.7 Å². The monoisotopic (exact) mass is 582 g/mol. The lowest BCUT2D eigenvalue weighted by molar-refractivity contribution is -0.123. The predicted molar refractivity (Wildman–Crippen MR) is 160 cm³/mol. The molecule has 4 bridgehead atoms. The Morgan fingerprint density at radius 3 is 2.80 bits per heavy atom. The van der Waals surface area contributed by atoms with E-state index in [1.165, 1.54) is 0 Å². The van der Waals surface area contributed by atoms with Crippen LogP contribution in [0.1, 0.15) is 65.0 Å². The summed E-state index contributed by atoms with van der Waals surface area (Å²) in [4.78, 5) is 36.8. The number of nitrogens with one attached hydrogen (secondary N) is 3. The highest BCUT2D eigenvalue weighted by atomic mass is 32.2. The zero-order valence-corrected chi connectivity index (χ0v) is 25.4. The van der Waals surface area contributed by atoms with Crippen LogP contribution in [0.15, 0.2) is 24.4 Å². The molecule has 0 spiro atoms. The average Bonchev–Trinajstić information content (AvgIpc) is 3.56. The molecule has 3 aromatic rings. The fourth-order valence-corrected chi connectivity index (χ4v) is 5.26. The molecular weight excluding hydrogens is 540 g/mol. The molecule has 0 saturated carbocycles. The van der Waals surface area contributed by atoms with E-state index in [2.05, 4.69) is 37.8 Å². The fraction of sp³-hybridized carbons (Fsp3) is 0.552. The van der Waals surface area contributed by atoms with Gasteiger partial charge in [-0.1, -0.05) is 18.2 Å². The second-order valence-electron chi connectivity index (χ2n) is 10.4. The van der Waals surface area contributed by atoms with Gasteiger partial charge in [-0.15, -0.1) is 5.10 Å². The molecule has 0 radical (unpaired) electrons. The Balaban J connectivity index is 1.52. The van der Waals surface area contributed by atoms with Crippen molar-refractivity contribution in [2.24, 2.45) is 0 Å². The average molecular weight is 583 g/mol. The number of hydrogen-bond donors (Lipinski definition) is 3.